The van der Waals surface area contributed by atoms with Crippen LogP contribution in [0.5, 0.6) is 0 Å². The highest BCUT2D eigenvalue weighted by atomic mass is 32.2. The van der Waals surface area contributed by atoms with E-state index < -0.39 is 15.3 Å². The molecule has 184 valence electrons. The molecule has 2 heterocycles. The maximum absolute atomic E-state index is 15.0. The molecule has 0 saturated carbocycles. The summed E-state index contributed by atoms with van der Waals surface area (Å²) in [6.45, 7) is 4.62. The van der Waals surface area contributed by atoms with Gasteiger partial charge in [-0.15, -0.1) is 0 Å². The Morgan fingerprint density at radius 1 is 1.03 bits per heavy atom. The molecule has 2 aromatic carbocycles. The molecule has 2 aliphatic rings. The van der Waals surface area contributed by atoms with Crippen LogP contribution in [0.4, 0.5) is 10.1 Å². The van der Waals surface area contributed by atoms with Gasteiger partial charge in [-0.3, -0.25) is 4.79 Å². The van der Waals surface area contributed by atoms with E-state index in [1.165, 1.54) is 15.9 Å². The molecule has 1 atom stereocenters. The third-order valence-electron chi connectivity index (χ3n) is 7.02. The van der Waals surface area contributed by atoms with Gasteiger partial charge in [-0.05, 0) is 49.8 Å². The lowest BCUT2D eigenvalue weighted by molar-refractivity contribution is -0.129. The topological polar surface area (TPSA) is 60.9 Å². The zero-order chi connectivity index (χ0) is 24.1. The van der Waals surface area contributed by atoms with Crippen molar-refractivity contribution in [3.8, 4) is 0 Å². The van der Waals surface area contributed by atoms with Crippen LogP contribution in [0.15, 0.2) is 48.5 Å². The van der Waals surface area contributed by atoms with Gasteiger partial charge < -0.3 is 9.80 Å². The van der Waals surface area contributed by atoms with Gasteiger partial charge in [0.05, 0.1) is 5.25 Å². The van der Waals surface area contributed by atoms with Gasteiger partial charge in [-0.1, -0.05) is 36.4 Å². The van der Waals surface area contributed by atoms with E-state index in [1.54, 1.807) is 17.9 Å². The van der Waals surface area contributed by atoms with Crippen molar-refractivity contribution >= 4 is 21.6 Å². The van der Waals surface area contributed by atoms with Crippen molar-refractivity contribution in [2.45, 2.75) is 50.8 Å². The number of anilines is 1. The second-order valence-electron chi connectivity index (χ2n) is 9.29. The summed E-state index contributed by atoms with van der Waals surface area (Å²) in [4.78, 5) is 15.4. The van der Waals surface area contributed by atoms with Crippen LogP contribution in [-0.4, -0.2) is 61.5 Å². The van der Waals surface area contributed by atoms with Crippen LogP contribution in [0, 0.1) is 5.82 Å². The summed E-state index contributed by atoms with van der Waals surface area (Å²) in [6, 6.07) is 15.2. The average molecular weight is 488 g/mol. The first-order valence-corrected chi connectivity index (χ1v) is 13.7. The van der Waals surface area contributed by atoms with Gasteiger partial charge in [0.2, 0.25) is 15.9 Å². The van der Waals surface area contributed by atoms with Crippen LogP contribution in [0.3, 0.4) is 0 Å². The zero-order valence-electron chi connectivity index (χ0n) is 19.8. The molecular formula is C26H34FN3O3S. The number of sulfonamides is 1. The lowest BCUT2D eigenvalue weighted by Crippen LogP contribution is -2.48. The van der Waals surface area contributed by atoms with Gasteiger partial charge >= 0.3 is 0 Å². The van der Waals surface area contributed by atoms with Gasteiger partial charge in [0, 0.05) is 57.4 Å². The number of hydrogen-bond donors (Lipinski definition) is 0. The van der Waals surface area contributed by atoms with E-state index in [1.807, 2.05) is 24.3 Å². The molecule has 4 rings (SSSR count). The smallest absolute Gasteiger partial charge is 0.219 e. The van der Waals surface area contributed by atoms with Gasteiger partial charge in [0.15, 0.2) is 0 Å². The molecule has 2 aromatic rings. The monoisotopic (exact) mass is 487 g/mol. The van der Waals surface area contributed by atoms with Crippen molar-refractivity contribution in [1.29, 1.82) is 0 Å². The number of carbonyl (C=O) groups is 1. The van der Waals surface area contributed by atoms with Gasteiger partial charge in [-0.25, -0.2) is 12.8 Å². The normalized spacial score (nSPS) is 20.9. The third-order valence-corrected chi connectivity index (χ3v) is 9.37. The summed E-state index contributed by atoms with van der Waals surface area (Å²) in [5, 5.41) is -0.398. The molecule has 1 unspecified atom stereocenters. The predicted molar refractivity (Wildman–Crippen MR) is 133 cm³/mol. The van der Waals surface area contributed by atoms with E-state index in [0.717, 1.165) is 24.9 Å². The number of benzene rings is 2. The Balaban J connectivity index is 1.36. The molecule has 0 spiro atoms. The highest BCUT2D eigenvalue weighted by Gasteiger charge is 2.35. The Labute approximate surface area is 202 Å². The molecule has 0 radical (unpaired) electrons. The van der Waals surface area contributed by atoms with E-state index in [4.69, 9.17) is 0 Å². The van der Waals surface area contributed by atoms with E-state index in [9.17, 15) is 17.6 Å². The van der Waals surface area contributed by atoms with E-state index in [2.05, 4.69) is 17.0 Å². The fourth-order valence-corrected chi connectivity index (χ4v) is 7.01. The zero-order valence-corrected chi connectivity index (χ0v) is 20.6. The van der Waals surface area contributed by atoms with Crippen molar-refractivity contribution in [2.24, 2.45) is 0 Å². The summed E-state index contributed by atoms with van der Waals surface area (Å²) in [7, 11) is -3.46. The molecule has 0 aromatic heterocycles. The Hall–Kier alpha value is -2.45. The van der Waals surface area contributed by atoms with Crippen LogP contribution >= 0.6 is 0 Å². The highest BCUT2D eigenvalue weighted by molar-refractivity contribution is 7.89. The summed E-state index contributed by atoms with van der Waals surface area (Å²) in [5.74, 6) is -0.324. The first kappa shape index (κ1) is 24.7. The standard InChI is InChI=1S/C26H34FN3O3S/c1-21(31)28-15-17-29(18-16-28)24-13-12-23(26(27)19-24)20-30-14-6-11-25(34(30,32)33)10-5-9-22-7-3-2-4-8-22/h2-4,7-8,12-13,19,25H,5-6,9-11,14-18,20H2,1H3. The number of nitrogens with zero attached hydrogens (tertiary/aromatic N) is 3. The molecule has 6 nitrogen and oxygen atoms in total. The minimum atomic E-state index is -3.46. The molecule has 0 aliphatic carbocycles. The highest BCUT2D eigenvalue weighted by Crippen LogP contribution is 2.29. The van der Waals surface area contributed by atoms with Crippen LogP contribution in [0.2, 0.25) is 0 Å². The fraction of sp³-hybridized carbons (Fsp3) is 0.500. The van der Waals surface area contributed by atoms with Crippen LogP contribution in [0.25, 0.3) is 0 Å². The molecule has 2 fully saturated rings. The Morgan fingerprint density at radius 3 is 2.44 bits per heavy atom. The second kappa shape index (κ2) is 10.9. The van der Waals surface area contributed by atoms with Crippen LogP contribution < -0.4 is 4.90 Å². The lowest BCUT2D eigenvalue weighted by Gasteiger charge is -2.36. The first-order valence-electron chi connectivity index (χ1n) is 12.2. The summed E-state index contributed by atoms with van der Waals surface area (Å²) < 4.78 is 42.9. The molecule has 0 N–H and O–H groups in total. The predicted octanol–water partition coefficient (Wildman–Crippen LogP) is 3.81. The number of halogens is 1. The van der Waals surface area contributed by atoms with Gasteiger partial charge in [0.1, 0.15) is 5.82 Å². The average Bonchev–Trinajstić information content (AvgIpc) is 2.83. The van der Waals surface area contributed by atoms with Crippen molar-refractivity contribution < 1.29 is 17.6 Å². The quantitative estimate of drug-likeness (QED) is 0.596. The molecule has 0 bridgehead atoms. The summed E-state index contributed by atoms with van der Waals surface area (Å²) in [6.07, 6.45) is 3.78. The van der Waals surface area contributed by atoms with E-state index >= 15 is 0 Å². The minimum Gasteiger partial charge on any atom is -0.368 e. The molecule has 2 aliphatic heterocycles. The molecular weight excluding hydrogens is 453 g/mol. The Morgan fingerprint density at radius 2 is 1.76 bits per heavy atom. The Kier molecular flexibility index (Phi) is 7.88. The molecule has 34 heavy (non-hydrogen) atoms. The molecule has 2 saturated heterocycles. The number of rotatable bonds is 7. The Bertz CT molecular complexity index is 1090. The molecule has 1 amide bonds. The second-order valence-corrected chi connectivity index (χ2v) is 11.5. The largest absolute Gasteiger partial charge is 0.368 e. The number of carbonyl (C=O) groups excluding carboxylic acids is 1. The van der Waals surface area contributed by atoms with Crippen molar-refractivity contribution in [3.63, 3.8) is 0 Å². The number of aryl methyl sites for hydroxylation is 1. The minimum absolute atomic E-state index is 0.0577. The maximum Gasteiger partial charge on any atom is 0.219 e. The fourth-order valence-electron chi connectivity index (χ4n) is 4.95. The number of amides is 1. The van der Waals surface area contributed by atoms with Gasteiger partial charge in [0.25, 0.3) is 0 Å². The summed E-state index contributed by atoms with van der Waals surface area (Å²) in [5.41, 5.74) is 2.39. The summed E-state index contributed by atoms with van der Waals surface area (Å²) >= 11 is 0. The first-order chi connectivity index (χ1) is 16.3. The van der Waals surface area contributed by atoms with Crippen molar-refractivity contribution in [2.75, 3.05) is 37.6 Å². The van der Waals surface area contributed by atoms with Gasteiger partial charge in [-0.2, -0.15) is 4.31 Å². The lowest BCUT2D eigenvalue weighted by atomic mass is 10.0. The van der Waals surface area contributed by atoms with E-state index in [-0.39, 0.29) is 18.3 Å². The van der Waals surface area contributed by atoms with E-state index in [0.29, 0.717) is 51.1 Å². The molecule has 8 heteroatoms. The SMILES string of the molecule is CC(=O)N1CCN(c2ccc(CN3CCCC(CCCc4ccccc4)S3(=O)=O)c(F)c2)CC1. The van der Waals surface area contributed by atoms with Crippen LogP contribution in [0.1, 0.15) is 43.7 Å². The van der Waals surface area contributed by atoms with Crippen LogP contribution in [-0.2, 0) is 27.8 Å². The van der Waals surface area contributed by atoms with Crippen molar-refractivity contribution in [3.05, 3.63) is 65.5 Å². The number of piperazine rings is 1. The number of hydrogen-bond acceptors (Lipinski definition) is 4. The van der Waals surface area contributed by atoms with Crippen molar-refractivity contribution in [1.82, 2.24) is 9.21 Å². The maximum atomic E-state index is 15.0. The third kappa shape index (κ3) is 5.78.